The Morgan fingerprint density at radius 1 is 0.731 bits per heavy atom. The molecular weight excluding hydrogens is 330 g/mol. The van der Waals surface area contributed by atoms with Crippen molar-refractivity contribution in [2.45, 2.75) is 52.7 Å². The summed E-state index contributed by atoms with van der Waals surface area (Å²) in [4.78, 5) is 11.7. The van der Waals surface area contributed by atoms with Crippen LogP contribution in [0.2, 0.25) is 0 Å². The Morgan fingerprint density at radius 3 is 1.62 bits per heavy atom. The zero-order valence-electron chi connectivity index (χ0n) is 16.3. The third kappa shape index (κ3) is 7.05. The minimum absolute atomic E-state index is 0.223. The summed E-state index contributed by atoms with van der Waals surface area (Å²) in [6, 6.07) is 14.8. The van der Waals surface area contributed by atoms with Gasteiger partial charge in [-0.15, -0.1) is 0 Å². The van der Waals surface area contributed by atoms with Gasteiger partial charge in [0.2, 0.25) is 0 Å². The molecule has 5 nitrogen and oxygen atoms in total. The topological polar surface area (TPSA) is 56.8 Å². The van der Waals surface area contributed by atoms with Gasteiger partial charge in [0.15, 0.2) is 0 Å². The largest absolute Gasteiger partial charge is 0.514 e. The summed E-state index contributed by atoms with van der Waals surface area (Å²) in [7, 11) is 0. The number of hydrogen-bond acceptors (Lipinski definition) is 5. The van der Waals surface area contributed by atoms with Crippen LogP contribution in [0.1, 0.15) is 41.5 Å². The normalized spacial score (nSPS) is 11.6. The molecule has 0 fully saturated rings. The van der Waals surface area contributed by atoms with E-state index in [4.69, 9.17) is 14.2 Å². The van der Waals surface area contributed by atoms with Gasteiger partial charge in [0.25, 0.3) is 0 Å². The van der Waals surface area contributed by atoms with Crippen LogP contribution in [0, 0.1) is 0 Å². The number of rotatable bonds is 4. The standard InChI is InChI=1S/C21H27NO4/c1-20(2,3)25-18-13-9-16(10-14-18)22-15-7-11-17(12-8-15)24-19(23)26-21(4,5)6/h7-14,22H,1-6H3. The molecule has 0 aromatic heterocycles. The molecular formula is C21H27NO4. The minimum atomic E-state index is -0.715. The Hall–Kier alpha value is -2.69. The fraction of sp³-hybridized carbons (Fsp3) is 0.381. The number of hydrogen-bond donors (Lipinski definition) is 1. The van der Waals surface area contributed by atoms with Crippen LogP contribution in [0.3, 0.4) is 0 Å². The smallest absolute Gasteiger partial charge is 0.488 e. The number of anilines is 2. The van der Waals surface area contributed by atoms with E-state index in [0.29, 0.717) is 5.75 Å². The SMILES string of the molecule is CC(C)(C)OC(=O)Oc1ccc(Nc2ccc(OC(C)(C)C)cc2)cc1. The van der Waals surface area contributed by atoms with E-state index in [0.717, 1.165) is 17.1 Å². The molecule has 0 atom stereocenters. The molecule has 0 aliphatic rings. The molecule has 2 rings (SSSR count). The second-order valence-electron chi connectivity index (χ2n) is 7.95. The molecule has 1 N–H and O–H groups in total. The van der Waals surface area contributed by atoms with Gasteiger partial charge in [0.05, 0.1) is 0 Å². The Kier molecular flexibility index (Phi) is 5.80. The highest BCUT2D eigenvalue weighted by Gasteiger charge is 2.18. The van der Waals surface area contributed by atoms with Crippen molar-refractivity contribution in [2.24, 2.45) is 0 Å². The molecule has 0 heterocycles. The van der Waals surface area contributed by atoms with Gasteiger partial charge in [0.1, 0.15) is 22.7 Å². The van der Waals surface area contributed by atoms with Gasteiger partial charge in [0, 0.05) is 11.4 Å². The van der Waals surface area contributed by atoms with Gasteiger partial charge in [-0.25, -0.2) is 4.79 Å². The molecule has 0 aliphatic carbocycles. The number of nitrogens with one attached hydrogen (secondary N) is 1. The fourth-order valence-electron chi connectivity index (χ4n) is 2.10. The van der Waals surface area contributed by atoms with E-state index in [1.807, 2.05) is 57.2 Å². The third-order valence-electron chi connectivity index (χ3n) is 3.01. The first kappa shape index (κ1) is 19.6. The zero-order chi connectivity index (χ0) is 19.4. The van der Waals surface area contributed by atoms with Crippen LogP contribution in [0.15, 0.2) is 48.5 Å². The summed E-state index contributed by atoms with van der Waals surface area (Å²) in [5, 5.41) is 3.29. The zero-order valence-corrected chi connectivity index (χ0v) is 16.3. The van der Waals surface area contributed by atoms with Crippen LogP contribution in [-0.2, 0) is 4.74 Å². The maximum atomic E-state index is 11.7. The molecule has 0 amide bonds. The van der Waals surface area contributed by atoms with Gasteiger partial charge in [-0.1, -0.05) is 0 Å². The first-order valence-electron chi connectivity index (χ1n) is 8.57. The molecule has 5 heteroatoms. The lowest BCUT2D eigenvalue weighted by molar-refractivity contribution is 0.0206. The van der Waals surface area contributed by atoms with E-state index >= 15 is 0 Å². The van der Waals surface area contributed by atoms with E-state index in [1.54, 1.807) is 32.9 Å². The molecule has 0 spiro atoms. The highest BCUT2D eigenvalue weighted by atomic mass is 16.7. The van der Waals surface area contributed by atoms with Crippen molar-refractivity contribution in [3.05, 3.63) is 48.5 Å². The summed E-state index contributed by atoms with van der Waals surface area (Å²) in [6.07, 6.45) is -0.715. The summed E-state index contributed by atoms with van der Waals surface area (Å²) in [5.41, 5.74) is 1.01. The number of ether oxygens (including phenoxy) is 3. The van der Waals surface area contributed by atoms with Crippen molar-refractivity contribution in [3.8, 4) is 11.5 Å². The lowest BCUT2D eigenvalue weighted by Crippen LogP contribution is -2.25. The Balaban J connectivity index is 1.93. The second-order valence-corrected chi connectivity index (χ2v) is 7.95. The number of carbonyl (C=O) groups excluding carboxylic acids is 1. The molecule has 0 saturated carbocycles. The van der Waals surface area contributed by atoms with E-state index in [2.05, 4.69) is 5.32 Å². The minimum Gasteiger partial charge on any atom is -0.488 e. The maximum Gasteiger partial charge on any atom is 0.514 e. The van der Waals surface area contributed by atoms with Crippen molar-refractivity contribution < 1.29 is 19.0 Å². The van der Waals surface area contributed by atoms with Gasteiger partial charge < -0.3 is 19.5 Å². The van der Waals surface area contributed by atoms with Crippen LogP contribution in [-0.4, -0.2) is 17.4 Å². The fourth-order valence-corrected chi connectivity index (χ4v) is 2.10. The summed E-state index contributed by atoms with van der Waals surface area (Å²) in [5.74, 6) is 1.25. The van der Waals surface area contributed by atoms with E-state index in [-0.39, 0.29) is 5.60 Å². The van der Waals surface area contributed by atoms with Crippen LogP contribution in [0.4, 0.5) is 16.2 Å². The maximum absolute atomic E-state index is 11.7. The highest BCUT2D eigenvalue weighted by Crippen LogP contribution is 2.24. The number of benzene rings is 2. The molecule has 0 unspecified atom stereocenters. The van der Waals surface area contributed by atoms with Crippen LogP contribution in [0.5, 0.6) is 11.5 Å². The first-order valence-corrected chi connectivity index (χ1v) is 8.57. The highest BCUT2D eigenvalue weighted by molar-refractivity contribution is 5.66. The summed E-state index contributed by atoms with van der Waals surface area (Å²) >= 11 is 0. The Labute approximate surface area is 155 Å². The lowest BCUT2D eigenvalue weighted by Gasteiger charge is -2.21. The molecule has 2 aromatic rings. The van der Waals surface area contributed by atoms with Crippen molar-refractivity contribution in [3.63, 3.8) is 0 Å². The summed E-state index contributed by atoms with van der Waals surface area (Å²) < 4.78 is 16.1. The van der Waals surface area contributed by atoms with Gasteiger partial charge in [-0.2, -0.15) is 0 Å². The van der Waals surface area contributed by atoms with E-state index in [9.17, 15) is 4.79 Å². The van der Waals surface area contributed by atoms with E-state index < -0.39 is 11.8 Å². The lowest BCUT2D eigenvalue weighted by atomic mass is 10.2. The van der Waals surface area contributed by atoms with Crippen LogP contribution < -0.4 is 14.8 Å². The van der Waals surface area contributed by atoms with Crippen molar-refractivity contribution in [1.29, 1.82) is 0 Å². The molecule has 140 valence electrons. The first-order chi connectivity index (χ1) is 12.0. The Morgan fingerprint density at radius 2 is 1.19 bits per heavy atom. The average Bonchev–Trinajstić information content (AvgIpc) is 2.48. The number of carbonyl (C=O) groups is 1. The molecule has 0 radical (unpaired) electrons. The summed E-state index contributed by atoms with van der Waals surface area (Å²) in [6.45, 7) is 11.4. The monoisotopic (exact) mass is 357 g/mol. The predicted molar refractivity (Wildman–Crippen MR) is 103 cm³/mol. The van der Waals surface area contributed by atoms with Crippen LogP contribution >= 0.6 is 0 Å². The molecule has 0 aliphatic heterocycles. The van der Waals surface area contributed by atoms with Crippen molar-refractivity contribution in [2.75, 3.05) is 5.32 Å². The van der Waals surface area contributed by atoms with Gasteiger partial charge >= 0.3 is 6.16 Å². The van der Waals surface area contributed by atoms with Crippen LogP contribution in [0.25, 0.3) is 0 Å². The second kappa shape index (κ2) is 7.68. The molecule has 2 aromatic carbocycles. The average molecular weight is 357 g/mol. The van der Waals surface area contributed by atoms with E-state index in [1.165, 1.54) is 0 Å². The third-order valence-corrected chi connectivity index (χ3v) is 3.01. The van der Waals surface area contributed by atoms with Crippen molar-refractivity contribution in [1.82, 2.24) is 0 Å². The molecule has 26 heavy (non-hydrogen) atoms. The Bertz CT molecular complexity index is 723. The van der Waals surface area contributed by atoms with Gasteiger partial charge in [-0.3, -0.25) is 0 Å². The molecule has 0 saturated heterocycles. The molecule has 0 bridgehead atoms. The van der Waals surface area contributed by atoms with Gasteiger partial charge in [-0.05, 0) is 90.1 Å². The predicted octanol–water partition coefficient (Wildman–Crippen LogP) is 5.92. The van der Waals surface area contributed by atoms with Crippen molar-refractivity contribution >= 4 is 17.5 Å². The quantitative estimate of drug-likeness (QED) is 0.543.